The standard InChI is InChI=1S/C36H37F2NO4/c1-36(2,3)43-35(40)27-18-19-39(32-22-29(38)15-17-34(32)42-24-26-12-8-5-9-13-26)31(20-27)30-21-28(37)14-16-33(30)41-23-25-10-6-4-7-11-25/h4-17,21-22,27,31H,18-20,23-24H2,1-3H3. The Morgan fingerprint density at radius 3 is 1.95 bits per heavy atom. The Labute approximate surface area is 252 Å². The van der Waals surface area contributed by atoms with E-state index in [4.69, 9.17) is 14.2 Å². The summed E-state index contributed by atoms with van der Waals surface area (Å²) >= 11 is 0. The summed E-state index contributed by atoms with van der Waals surface area (Å²) in [6.45, 7) is 6.49. The first-order chi connectivity index (χ1) is 20.7. The molecule has 2 unspecified atom stereocenters. The van der Waals surface area contributed by atoms with Gasteiger partial charge in [-0.1, -0.05) is 60.7 Å². The number of anilines is 1. The third kappa shape index (κ3) is 7.92. The summed E-state index contributed by atoms with van der Waals surface area (Å²) in [4.78, 5) is 15.2. The quantitative estimate of drug-likeness (QED) is 0.185. The topological polar surface area (TPSA) is 48.0 Å². The third-order valence-corrected chi connectivity index (χ3v) is 7.38. The lowest BCUT2D eigenvalue weighted by molar-refractivity contribution is -0.161. The summed E-state index contributed by atoms with van der Waals surface area (Å²) in [7, 11) is 0. The van der Waals surface area contributed by atoms with E-state index in [0.29, 0.717) is 48.7 Å². The van der Waals surface area contributed by atoms with Gasteiger partial charge in [0.05, 0.1) is 17.6 Å². The minimum absolute atomic E-state index is 0.285. The average Bonchev–Trinajstić information content (AvgIpc) is 2.99. The van der Waals surface area contributed by atoms with Gasteiger partial charge in [-0.25, -0.2) is 8.78 Å². The molecule has 0 N–H and O–H groups in total. The lowest BCUT2D eigenvalue weighted by Crippen LogP contribution is -2.41. The van der Waals surface area contributed by atoms with Crippen molar-refractivity contribution in [3.05, 3.63) is 125 Å². The van der Waals surface area contributed by atoms with Crippen molar-refractivity contribution >= 4 is 11.7 Å². The smallest absolute Gasteiger partial charge is 0.309 e. The van der Waals surface area contributed by atoms with Gasteiger partial charge in [0, 0.05) is 18.2 Å². The van der Waals surface area contributed by atoms with E-state index in [2.05, 4.69) is 0 Å². The summed E-state index contributed by atoms with van der Waals surface area (Å²) < 4.78 is 47.9. The summed E-state index contributed by atoms with van der Waals surface area (Å²) in [5.41, 5.74) is 2.39. The maximum absolute atomic E-state index is 14.9. The Hall–Kier alpha value is -4.39. The molecule has 224 valence electrons. The highest BCUT2D eigenvalue weighted by Crippen LogP contribution is 2.45. The van der Waals surface area contributed by atoms with E-state index in [1.807, 2.05) is 86.3 Å². The van der Waals surface area contributed by atoms with Gasteiger partial charge in [0.2, 0.25) is 0 Å². The van der Waals surface area contributed by atoms with Crippen LogP contribution >= 0.6 is 0 Å². The van der Waals surface area contributed by atoms with E-state index < -0.39 is 29.2 Å². The van der Waals surface area contributed by atoms with E-state index in [0.717, 1.165) is 11.1 Å². The van der Waals surface area contributed by atoms with Gasteiger partial charge in [-0.2, -0.15) is 0 Å². The van der Waals surface area contributed by atoms with E-state index in [9.17, 15) is 13.6 Å². The fraction of sp³-hybridized carbons (Fsp3) is 0.306. The molecule has 0 saturated carbocycles. The molecule has 1 fully saturated rings. The molecule has 0 amide bonds. The number of nitrogens with zero attached hydrogens (tertiary/aromatic N) is 1. The van der Waals surface area contributed by atoms with Crippen LogP contribution in [0.2, 0.25) is 0 Å². The number of rotatable bonds is 9. The normalized spacial score (nSPS) is 16.9. The van der Waals surface area contributed by atoms with Gasteiger partial charge in [0.15, 0.2) is 0 Å². The predicted molar refractivity (Wildman–Crippen MR) is 163 cm³/mol. The number of carbonyl (C=O) groups is 1. The second-order valence-electron chi connectivity index (χ2n) is 11.8. The monoisotopic (exact) mass is 585 g/mol. The van der Waals surface area contributed by atoms with Crippen LogP contribution in [-0.4, -0.2) is 18.1 Å². The Balaban J connectivity index is 1.51. The van der Waals surface area contributed by atoms with Crippen LogP contribution in [0.15, 0.2) is 97.1 Å². The van der Waals surface area contributed by atoms with Crippen LogP contribution in [0, 0.1) is 17.6 Å². The van der Waals surface area contributed by atoms with E-state index in [-0.39, 0.29) is 12.6 Å². The number of carbonyl (C=O) groups excluding carboxylic acids is 1. The predicted octanol–water partition coefficient (Wildman–Crippen LogP) is 8.42. The maximum Gasteiger partial charge on any atom is 0.309 e. The van der Waals surface area contributed by atoms with Crippen molar-refractivity contribution in [3.8, 4) is 11.5 Å². The zero-order valence-corrected chi connectivity index (χ0v) is 24.8. The molecular formula is C36H37F2NO4. The highest BCUT2D eigenvalue weighted by Gasteiger charge is 2.38. The number of ether oxygens (including phenoxy) is 3. The summed E-state index contributed by atoms with van der Waals surface area (Å²) in [5.74, 6) is -0.605. The van der Waals surface area contributed by atoms with E-state index in [1.54, 1.807) is 12.1 Å². The second kappa shape index (κ2) is 13.3. The van der Waals surface area contributed by atoms with Crippen molar-refractivity contribution in [1.82, 2.24) is 0 Å². The fourth-order valence-corrected chi connectivity index (χ4v) is 5.37. The SMILES string of the molecule is CC(C)(C)OC(=O)C1CCN(c2cc(F)ccc2OCc2ccccc2)C(c2cc(F)ccc2OCc2ccccc2)C1. The Morgan fingerprint density at radius 1 is 0.791 bits per heavy atom. The summed E-state index contributed by atoms with van der Waals surface area (Å²) in [5, 5.41) is 0. The van der Waals surface area contributed by atoms with Crippen molar-refractivity contribution in [2.24, 2.45) is 5.92 Å². The fourth-order valence-electron chi connectivity index (χ4n) is 5.37. The van der Waals surface area contributed by atoms with Gasteiger partial charge in [0.25, 0.3) is 0 Å². The minimum Gasteiger partial charge on any atom is -0.489 e. The van der Waals surface area contributed by atoms with Crippen molar-refractivity contribution in [1.29, 1.82) is 0 Å². The first kappa shape index (κ1) is 30.1. The van der Waals surface area contributed by atoms with Crippen LogP contribution in [0.4, 0.5) is 14.5 Å². The molecule has 43 heavy (non-hydrogen) atoms. The number of halogens is 2. The van der Waals surface area contributed by atoms with Crippen molar-refractivity contribution in [3.63, 3.8) is 0 Å². The zero-order valence-electron chi connectivity index (χ0n) is 24.8. The number of piperidine rings is 1. The molecule has 1 saturated heterocycles. The Bertz CT molecular complexity index is 1520. The average molecular weight is 586 g/mol. The van der Waals surface area contributed by atoms with Gasteiger partial charge in [-0.15, -0.1) is 0 Å². The van der Waals surface area contributed by atoms with Crippen LogP contribution < -0.4 is 14.4 Å². The lowest BCUT2D eigenvalue weighted by Gasteiger charge is -2.42. The lowest BCUT2D eigenvalue weighted by atomic mass is 9.86. The van der Waals surface area contributed by atoms with Gasteiger partial charge in [-0.05, 0) is 75.1 Å². The molecule has 0 bridgehead atoms. The van der Waals surface area contributed by atoms with Crippen LogP contribution in [0.1, 0.15) is 56.3 Å². The van der Waals surface area contributed by atoms with Crippen molar-refractivity contribution < 1.29 is 27.8 Å². The first-order valence-corrected chi connectivity index (χ1v) is 14.6. The Kier molecular flexibility index (Phi) is 9.29. The van der Waals surface area contributed by atoms with Gasteiger partial charge in [0.1, 0.15) is 41.9 Å². The van der Waals surface area contributed by atoms with Crippen LogP contribution in [0.25, 0.3) is 0 Å². The largest absolute Gasteiger partial charge is 0.489 e. The van der Waals surface area contributed by atoms with Crippen molar-refractivity contribution in [2.45, 2.75) is 58.5 Å². The van der Waals surface area contributed by atoms with E-state index in [1.165, 1.54) is 24.3 Å². The molecule has 0 aromatic heterocycles. The number of hydrogen-bond donors (Lipinski definition) is 0. The van der Waals surface area contributed by atoms with Crippen LogP contribution in [-0.2, 0) is 22.7 Å². The molecule has 4 aromatic carbocycles. The van der Waals surface area contributed by atoms with Gasteiger partial charge >= 0.3 is 5.97 Å². The maximum atomic E-state index is 14.9. The minimum atomic E-state index is -0.645. The van der Waals surface area contributed by atoms with Crippen LogP contribution in [0.5, 0.6) is 11.5 Å². The molecule has 0 aliphatic carbocycles. The van der Waals surface area contributed by atoms with Gasteiger partial charge in [-0.3, -0.25) is 4.79 Å². The molecule has 1 aliphatic heterocycles. The summed E-state index contributed by atoms with van der Waals surface area (Å²) in [6.07, 6.45) is 0.810. The Morgan fingerprint density at radius 2 is 1.35 bits per heavy atom. The molecule has 7 heteroatoms. The molecule has 1 aliphatic rings. The third-order valence-electron chi connectivity index (χ3n) is 7.38. The first-order valence-electron chi connectivity index (χ1n) is 14.6. The zero-order chi connectivity index (χ0) is 30.4. The van der Waals surface area contributed by atoms with Crippen molar-refractivity contribution in [2.75, 3.05) is 11.4 Å². The second-order valence-corrected chi connectivity index (χ2v) is 11.8. The molecule has 0 radical (unpaired) electrons. The molecule has 5 nitrogen and oxygen atoms in total. The molecule has 4 aromatic rings. The molecular weight excluding hydrogens is 548 g/mol. The van der Waals surface area contributed by atoms with Crippen LogP contribution in [0.3, 0.4) is 0 Å². The molecule has 1 heterocycles. The number of benzene rings is 4. The van der Waals surface area contributed by atoms with E-state index >= 15 is 0 Å². The molecule has 5 rings (SSSR count). The van der Waals surface area contributed by atoms with Gasteiger partial charge < -0.3 is 19.1 Å². The summed E-state index contributed by atoms with van der Waals surface area (Å²) in [6, 6.07) is 27.7. The highest BCUT2D eigenvalue weighted by atomic mass is 19.1. The molecule has 2 atom stereocenters. The number of hydrogen-bond acceptors (Lipinski definition) is 5. The molecule has 0 spiro atoms. The number of esters is 1. The highest BCUT2D eigenvalue weighted by molar-refractivity contribution is 5.74.